The third kappa shape index (κ3) is 5.73. The van der Waals surface area contributed by atoms with Crippen molar-refractivity contribution in [1.82, 2.24) is 4.90 Å². The van der Waals surface area contributed by atoms with Gasteiger partial charge in [0.15, 0.2) is 0 Å². The largest absolute Gasteiger partial charge is 0.337 e. The Balaban J connectivity index is 1.72. The fraction of sp³-hybridized carbons (Fsp3) is 0.240. The van der Waals surface area contributed by atoms with Gasteiger partial charge in [0.05, 0.1) is 4.90 Å². The van der Waals surface area contributed by atoms with Crippen molar-refractivity contribution in [3.8, 4) is 0 Å². The Bertz CT molecular complexity index is 1150. The lowest BCUT2D eigenvalue weighted by Crippen LogP contribution is -2.26. The topological polar surface area (TPSA) is 66.5 Å². The minimum Gasteiger partial charge on any atom is -0.337 e. The fourth-order valence-corrected chi connectivity index (χ4v) is 4.27. The van der Waals surface area contributed by atoms with Gasteiger partial charge in [-0.15, -0.1) is 0 Å². The van der Waals surface area contributed by atoms with Gasteiger partial charge >= 0.3 is 0 Å². The molecule has 3 aromatic rings. The first-order valence-corrected chi connectivity index (χ1v) is 11.7. The van der Waals surface area contributed by atoms with Gasteiger partial charge in [0.1, 0.15) is 0 Å². The molecule has 0 radical (unpaired) electrons. The van der Waals surface area contributed by atoms with Crippen molar-refractivity contribution in [3.05, 3.63) is 95.1 Å². The predicted octanol–water partition coefficient (Wildman–Crippen LogP) is 5.19. The van der Waals surface area contributed by atoms with Crippen molar-refractivity contribution in [2.45, 2.75) is 38.1 Å². The van der Waals surface area contributed by atoms with Gasteiger partial charge in [0.2, 0.25) is 0 Å². The lowest BCUT2D eigenvalue weighted by molar-refractivity contribution is 0.0785. The maximum Gasteiger partial charge on any atom is 0.261 e. The van der Waals surface area contributed by atoms with Crippen LogP contribution in [0.2, 0.25) is 0 Å². The van der Waals surface area contributed by atoms with E-state index < -0.39 is 10.0 Å². The number of nitrogens with one attached hydrogen (secondary N) is 1. The van der Waals surface area contributed by atoms with Crippen molar-refractivity contribution in [1.29, 1.82) is 0 Å². The first-order valence-electron chi connectivity index (χ1n) is 10.2. The van der Waals surface area contributed by atoms with Crippen LogP contribution in [-0.2, 0) is 16.6 Å². The van der Waals surface area contributed by atoms with Gasteiger partial charge in [0, 0.05) is 24.8 Å². The molecule has 0 bridgehead atoms. The smallest absolute Gasteiger partial charge is 0.261 e. The molecule has 1 amide bonds. The van der Waals surface area contributed by atoms with E-state index in [1.165, 1.54) is 5.56 Å². The van der Waals surface area contributed by atoms with E-state index in [-0.39, 0.29) is 10.8 Å². The summed E-state index contributed by atoms with van der Waals surface area (Å²) in [7, 11) is -1.99. The van der Waals surface area contributed by atoms with E-state index in [9.17, 15) is 13.2 Å². The third-order valence-corrected chi connectivity index (χ3v) is 6.50. The Morgan fingerprint density at radius 3 is 2.23 bits per heavy atom. The summed E-state index contributed by atoms with van der Waals surface area (Å²) >= 11 is 0. The van der Waals surface area contributed by atoms with E-state index in [2.05, 4.69) is 30.7 Å². The molecule has 0 atom stereocenters. The van der Waals surface area contributed by atoms with E-state index in [0.29, 0.717) is 23.7 Å². The maximum atomic E-state index is 12.9. The SMILES string of the molecule is Cc1ccc(S(=O)(=O)Nc2cccc(C(=O)N(C)Cc3ccc(C(C)C)cc3)c2)cc1. The van der Waals surface area contributed by atoms with E-state index in [1.807, 2.05) is 19.1 Å². The molecule has 0 unspecified atom stereocenters. The van der Waals surface area contributed by atoms with Crippen LogP contribution in [0.5, 0.6) is 0 Å². The van der Waals surface area contributed by atoms with Crippen LogP contribution in [-0.4, -0.2) is 26.3 Å². The summed E-state index contributed by atoms with van der Waals surface area (Å²) in [5.41, 5.74) is 4.04. The molecule has 3 rings (SSSR count). The normalized spacial score (nSPS) is 11.4. The Labute approximate surface area is 184 Å². The predicted molar refractivity (Wildman–Crippen MR) is 125 cm³/mol. The van der Waals surface area contributed by atoms with Crippen LogP contribution in [0.3, 0.4) is 0 Å². The maximum absolute atomic E-state index is 12.9. The molecule has 0 heterocycles. The van der Waals surface area contributed by atoms with Crippen LogP contribution in [0, 0.1) is 6.92 Å². The number of rotatable bonds is 7. The average Bonchev–Trinajstić information content (AvgIpc) is 2.73. The van der Waals surface area contributed by atoms with Gasteiger partial charge in [-0.2, -0.15) is 0 Å². The van der Waals surface area contributed by atoms with Crippen LogP contribution in [0.25, 0.3) is 0 Å². The van der Waals surface area contributed by atoms with Crippen LogP contribution in [0.4, 0.5) is 5.69 Å². The summed E-state index contributed by atoms with van der Waals surface area (Å²) in [6.45, 7) is 6.65. The molecular weight excluding hydrogens is 408 g/mol. The summed E-state index contributed by atoms with van der Waals surface area (Å²) in [6.07, 6.45) is 0. The molecular formula is C25H28N2O3S. The number of benzene rings is 3. The van der Waals surface area contributed by atoms with Gasteiger partial charge in [-0.25, -0.2) is 8.42 Å². The summed E-state index contributed by atoms with van der Waals surface area (Å²) in [4.78, 5) is 14.7. The molecule has 6 heteroatoms. The molecule has 0 aromatic heterocycles. The Kier molecular flexibility index (Phi) is 6.81. The van der Waals surface area contributed by atoms with Crippen LogP contribution in [0.1, 0.15) is 46.8 Å². The Morgan fingerprint density at radius 2 is 1.61 bits per heavy atom. The molecule has 0 saturated heterocycles. The second-order valence-corrected chi connectivity index (χ2v) is 9.74. The van der Waals surface area contributed by atoms with Gasteiger partial charge < -0.3 is 4.90 Å². The summed E-state index contributed by atoms with van der Waals surface area (Å²) in [5, 5.41) is 0. The molecule has 0 aliphatic carbocycles. The van der Waals surface area contributed by atoms with E-state index in [4.69, 9.17) is 0 Å². The van der Waals surface area contributed by atoms with Crippen molar-refractivity contribution in [3.63, 3.8) is 0 Å². The zero-order valence-corrected chi connectivity index (χ0v) is 19.1. The Morgan fingerprint density at radius 1 is 0.968 bits per heavy atom. The van der Waals surface area contributed by atoms with Gasteiger partial charge in [-0.1, -0.05) is 61.9 Å². The van der Waals surface area contributed by atoms with E-state index in [1.54, 1.807) is 60.5 Å². The highest BCUT2D eigenvalue weighted by molar-refractivity contribution is 7.92. The molecule has 162 valence electrons. The number of amides is 1. The first-order chi connectivity index (χ1) is 14.7. The second kappa shape index (κ2) is 9.35. The monoisotopic (exact) mass is 436 g/mol. The molecule has 0 aliphatic rings. The van der Waals surface area contributed by atoms with E-state index >= 15 is 0 Å². The van der Waals surface area contributed by atoms with Gasteiger partial charge in [-0.05, 0) is 54.3 Å². The van der Waals surface area contributed by atoms with Crippen LogP contribution < -0.4 is 4.72 Å². The zero-order valence-electron chi connectivity index (χ0n) is 18.3. The molecule has 0 saturated carbocycles. The van der Waals surface area contributed by atoms with Crippen molar-refractivity contribution in [2.24, 2.45) is 0 Å². The summed E-state index contributed by atoms with van der Waals surface area (Å²) in [5.74, 6) is 0.282. The van der Waals surface area contributed by atoms with Crippen molar-refractivity contribution in [2.75, 3.05) is 11.8 Å². The number of carbonyl (C=O) groups is 1. The molecule has 1 N–H and O–H groups in total. The molecule has 31 heavy (non-hydrogen) atoms. The minimum absolute atomic E-state index is 0.177. The first kappa shape index (κ1) is 22.6. The third-order valence-electron chi connectivity index (χ3n) is 5.11. The lowest BCUT2D eigenvalue weighted by atomic mass is 10.0. The molecule has 0 fully saturated rings. The summed E-state index contributed by atoms with van der Waals surface area (Å²) in [6, 6.07) is 21.4. The highest BCUT2D eigenvalue weighted by Crippen LogP contribution is 2.20. The minimum atomic E-state index is -3.73. The highest BCUT2D eigenvalue weighted by Gasteiger charge is 2.17. The quantitative estimate of drug-likeness (QED) is 0.554. The van der Waals surface area contributed by atoms with Crippen LogP contribution >= 0.6 is 0 Å². The van der Waals surface area contributed by atoms with Crippen molar-refractivity contribution >= 4 is 21.6 Å². The number of sulfonamides is 1. The van der Waals surface area contributed by atoms with E-state index in [0.717, 1.165) is 11.1 Å². The lowest BCUT2D eigenvalue weighted by Gasteiger charge is -2.18. The van der Waals surface area contributed by atoms with Gasteiger partial charge in [0.25, 0.3) is 15.9 Å². The number of hydrogen-bond donors (Lipinski definition) is 1. The van der Waals surface area contributed by atoms with Gasteiger partial charge in [-0.3, -0.25) is 9.52 Å². The fourth-order valence-electron chi connectivity index (χ4n) is 3.22. The number of hydrogen-bond acceptors (Lipinski definition) is 3. The molecule has 5 nitrogen and oxygen atoms in total. The molecule has 3 aromatic carbocycles. The Hall–Kier alpha value is -3.12. The number of nitrogens with zero attached hydrogens (tertiary/aromatic N) is 1. The zero-order chi connectivity index (χ0) is 22.6. The number of aryl methyl sites for hydroxylation is 1. The summed E-state index contributed by atoms with van der Waals surface area (Å²) < 4.78 is 27.8. The molecule has 0 aliphatic heterocycles. The van der Waals surface area contributed by atoms with Crippen LogP contribution in [0.15, 0.2) is 77.7 Å². The highest BCUT2D eigenvalue weighted by atomic mass is 32.2. The second-order valence-electron chi connectivity index (χ2n) is 8.06. The average molecular weight is 437 g/mol. The number of carbonyl (C=O) groups excluding carboxylic acids is 1. The van der Waals surface area contributed by atoms with Crippen molar-refractivity contribution < 1.29 is 13.2 Å². The standard InChI is InChI=1S/C25H28N2O3S/c1-18(2)21-12-10-20(11-13-21)17-27(4)25(28)22-6-5-7-23(16-22)26-31(29,30)24-14-8-19(3)9-15-24/h5-16,18,26H,17H2,1-4H3. The molecule has 0 spiro atoms. The number of anilines is 1.